The molecule has 1 N–H and O–H groups in total. The smallest absolute Gasteiger partial charge is 0.314 e. The highest BCUT2D eigenvalue weighted by molar-refractivity contribution is 6.17. The molecule has 0 unspecified atom stereocenters. The molecule has 0 aromatic carbocycles. The van der Waals surface area contributed by atoms with E-state index in [9.17, 15) is 24.0 Å². The number of nitrogens with zero attached hydrogens (tertiary/aromatic N) is 2. The zero-order chi connectivity index (χ0) is 11.6. The van der Waals surface area contributed by atoms with Crippen LogP contribution in [0.4, 0.5) is 14.5 Å². The zero-order valence-electron chi connectivity index (χ0n) is 7.15. The first-order chi connectivity index (χ1) is 6.97. The van der Waals surface area contributed by atoms with Crippen LogP contribution >= 0.6 is 11.6 Å². The van der Waals surface area contributed by atoms with Crippen molar-refractivity contribution in [2.24, 2.45) is 0 Å². The van der Waals surface area contributed by atoms with Crippen molar-refractivity contribution in [1.82, 2.24) is 4.98 Å². The molecule has 8 heteroatoms. The molecular weight excluding hydrogens is 234 g/mol. The second-order valence-corrected chi connectivity index (χ2v) is 2.82. The highest BCUT2D eigenvalue weighted by Gasteiger charge is 2.23. The number of hydrogen-bond donors (Lipinski definition) is 1. The summed E-state index contributed by atoms with van der Waals surface area (Å²) in [5, 5.41) is 19.6. The van der Waals surface area contributed by atoms with E-state index >= 15 is 0 Å². The van der Waals surface area contributed by atoms with Gasteiger partial charge in [0.25, 0.3) is 6.43 Å². The van der Waals surface area contributed by atoms with Crippen molar-refractivity contribution in [2.75, 3.05) is 0 Å². The van der Waals surface area contributed by atoms with Crippen molar-refractivity contribution in [3.8, 4) is 5.75 Å². The summed E-state index contributed by atoms with van der Waals surface area (Å²) >= 11 is 5.30. The summed E-state index contributed by atoms with van der Waals surface area (Å²) in [4.78, 5) is 12.7. The Hall–Kier alpha value is -1.50. The number of rotatable bonds is 3. The molecule has 0 aliphatic carbocycles. The number of nitro groups is 1. The van der Waals surface area contributed by atoms with Crippen LogP contribution in [-0.4, -0.2) is 15.0 Å². The van der Waals surface area contributed by atoms with Crippen molar-refractivity contribution in [1.29, 1.82) is 0 Å². The van der Waals surface area contributed by atoms with E-state index in [1.807, 2.05) is 0 Å². The third-order valence-electron chi connectivity index (χ3n) is 1.61. The van der Waals surface area contributed by atoms with E-state index < -0.39 is 28.5 Å². The number of aromatic hydroxyl groups is 1. The Kier molecular flexibility index (Phi) is 3.35. The quantitative estimate of drug-likeness (QED) is 0.498. The van der Waals surface area contributed by atoms with Crippen LogP contribution in [0.1, 0.15) is 17.8 Å². The van der Waals surface area contributed by atoms with Crippen molar-refractivity contribution < 1.29 is 18.8 Å². The summed E-state index contributed by atoms with van der Waals surface area (Å²) in [6, 6.07) is 0.524. The third-order valence-corrected chi connectivity index (χ3v) is 1.86. The van der Waals surface area contributed by atoms with Gasteiger partial charge in [0.05, 0.1) is 10.8 Å². The van der Waals surface area contributed by atoms with Gasteiger partial charge in [0.2, 0.25) is 5.75 Å². The maximum absolute atomic E-state index is 12.2. The topological polar surface area (TPSA) is 76.3 Å². The normalized spacial score (nSPS) is 10.7. The molecule has 5 nitrogen and oxygen atoms in total. The average molecular weight is 239 g/mol. The molecule has 0 bridgehead atoms. The van der Waals surface area contributed by atoms with Crippen LogP contribution in [-0.2, 0) is 5.88 Å². The van der Waals surface area contributed by atoms with E-state index in [4.69, 9.17) is 11.6 Å². The standard InChI is InChI=1S/C7H5ClF2N2O3/c8-2-4-6(13)5(12(14)15)1-3(11-4)7(9)10/h1,7,13H,2H2. The van der Waals surface area contributed by atoms with Crippen LogP contribution in [0.5, 0.6) is 5.75 Å². The van der Waals surface area contributed by atoms with Crippen LogP contribution in [0.2, 0.25) is 0 Å². The Morgan fingerprint density at radius 2 is 2.27 bits per heavy atom. The lowest BCUT2D eigenvalue weighted by Crippen LogP contribution is -1.99. The van der Waals surface area contributed by atoms with Crippen LogP contribution in [0.3, 0.4) is 0 Å². The maximum Gasteiger partial charge on any atom is 0.314 e. The minimum absolute atomic E-state index is 0.332. The van der Waals surface area contributed by atoms with Crippen LogP contribution < -0.4 is 0 Å². The van der Waals surface area contributed by atoms with Gasteiger partial charge in [-0.2, -0.15) is 0 Å². The van der Waals surface area contributed by atoms with Crippen LogP contribution in [0.15, 0.2) is 6.07 Å². The lowest BCUT2D eigenvalue weighted by atomic mass is 10.2. The van der Waals surface area contributed by atoms with Gasteiger partial charge < -0.3 is 5.11 Å². The fraction of sp³-hybridized carbons (Fsp3) is 0.286. The van der Waals surface area contributed by atoms with Gasteiger partial charge in [-0.05, 0) is 0 Å². The summed E-state index contributed by atoms with van der Waals surface area (Å²) in [5.41, 5.74) is -1.94. The highest BCUT2D eigenvalue weighted by atomic mass is 35.5. The van der Waals surface area contributed by atoms with E-state index in [-0.39, 0.29) is 11.6 Å². The van der Waals surface area contributed by atoms with Crippen molar-refractivity contribution in [3.05, 3.63) is 27.6 Å². The van der Waals surface area contributed by atoms with E-state index in [0.717, 1.165) is 0 Å². The third kappa shape index (κ3) is 2.30. The lowest BCUT2D eigenvalue weighted by Gasteiger charge is -2.04. The largest absolute Gasteiger partial charge is 0.501 e. The minimum Gasteiger partial charge on any atom is -0.501 e. The summed E-state index contributed by atoms with van der Waals surface area (Å²) in [6.07, 6.45) is -2.95. The van der Waals surface area contributed by atoms with Gasteiger partial charge in [0, 0.05) is 6.07 Å². The molecular formula is C7H5ClF2N2O3. The Morgan fingerprint density at radius 1 is 1.67 bits per heavy atom. The summed E-state index contributed by atoms with van der Waals surface area (Å²) in [6.45, 7) is 0. The predicted molar refractivity (Wildman–Crippen MR) is 47.1 cm³/mol. The molecule has 0 saturated heterocycles. The van der Waals surface area contributed by atoms with Gasteiger partial charge in [0.15, 0.2) is 0 Å². The molecule has 82 valence electrons. The molecule has 0 radical (unpaired) electrons. The Labute approximate surface area is 87.5 Å². The van der Waals surface area contributed by atoms with Gasteiger partial charge >= 0.3 is 5.69 Å². The van der Waals surface area contributed by atoms with E-state index in [1.165, 1.54) is 0 Å². The van der Waals surface area contributed by atoms with Gasteiger partial charge in [-0.1, -0.05) is 0 Å². The molecule has 0 atom stereocenters. The molecule has 0 spiro atoms. The first-order valence-corrected chi connectivity index (χ1v) is 4.22. The number of halogens is 3. The molecule has 0 aliphatic heterocycles. The fourth-order valence-electron chi connectivity index (χ4n) is 0.941. The SMILES string of the molecule is O=[N+]([O-])c1cc(C(F)F)nc(CCl)c1O. The highest BCUT2D eigenvalue weighted by Crippen LogP contribution is 2.32. The summed E-state index contributed by atoms with van der Waals surface area (Å²) in [7, 11) is 0. The van der Waals surface area contributed by atoms with Gasteiger partial charge in [-0.25, -0.2) is 13.8 Å². The maximum atomic E-state index is 12.2. The molecule has 0 amide bonds. The molecule has 1 aromatic heterocycles. The van der Waals surface area contributed by atoms with Crippen molar-refractivity contribution in [3.63, 3.8) is 0 Å². The molecule has 1 rings (SSSR count). The van der Waals surface area contributed by atoms with E-state index in [2.05, 4.69) is 4.98 Å². The van der Waals surface area contributed by atoms with Crippen molar-refractivity contribution in [2.45, 2.75) is 12.3 Å². The van der Waals surface area contributed by atoms with Crippen LogP contribution in [0.25, 0.3) is 0 Å². The molecule has 1 heterocycles. The second kappa shape index (κ2) is 4.35. The Bertz CT molecular complexity index is 400. The molecule has 0 fully saturated rings. The number of alkyl halides is 3. The monoisotopic (exact) mass is 238 g/mol. The summed E-state index contributed by atoms with van der Waals surface area (Å²) in [5.74, 6) is -1.16. The number of hydrogen-bond acceptors (Lipinski definition) is 4. The van der Waals surface area contributed by atoms with Crippen LogP contribution in [0, 0.1) is 10.1 Å². The number of pyridine rings is 1. The van der Waals surface area contributed by atoms with Crippen molar-refractivity contribution >= 4 is 17.3 Å². The average Bonchev–Trinajstić information content (AvgIpc) is 2.17. The minimum atomic E-state index is -2.95. The molecule has 0 saturated carbocycles. The molecule has 1 aromatic rings. The predicted octanol–water partition coefficient (Wildman–Crippen LogP) is 2.37. The van der Waals surface area contributed by atoms with Gasteiger partial charge in [-0.15, -0.1) is 11.6 Å². The van der Waals surface area contributed by atoms with E-state index in [1.54, 1.807) is 0 Å². The first kappa shape index (κ1) is 11.6. The molecule has 0 aliphatic rings. The lowest BCUT2D eigenvalue weighted by molar-refractivity contribution is -0.386. The van der Waals surface area contributed by atoms with E-state index in [0.29, 0.717) is 6.07 Å². The van der Waals surface area contributed by atoms with Gasteiger partial charge in [0.1, 0.15) is 11.4 Å². The van der Waals surface area contributed by atoms with Gasteiger partial charge in [-0.3, -0.25) is 10.1 Å². The first-order valence-electron chi connectivity index (χ1n) is 3.68. The fourth-order valence-corrected chi connectivity index (χ4v) is 1.13. The number of aromatic nitrogens is 1. The second-order valence-electron chi connectivity index (χ2n) is 2.55. The molecule has 15 heavy (non-hydrogen) atoms. The summed E-state index contributed by atoms with van der Waals surface area (Å²) < 4.78 is 24.5. The zero-order valence-corrected chi connectivity index (χ0v) is 7.91. The Morgan fingerprint density at radius 3 is 2.67 bits per heavy atom. The Balaban J connectivity index is 3.38.